The molecule has 1 unspecified atom stereocenters. The Morgan fingerprint density at radius 3 is 2.55 bits per heavy atom. The van der Waals surface area contributed by atoms with Crippen LogP contribution < -0.4 is 10.1 Å². The predicted molar refractivity (Wildman–Crippen MR) is 82.4 cm³/mol. The highest BCUT2D eigenvalue weighted by Crippen LogP contribution is 2.47. The first-order chi connectivity index (χ1) is 9.66. The lowest BCUT2D eigenvalue weighted by atomic mass is 9.71. The number of nitrogens with one attached hydrogen (secondary N) is 1. The van der Waals surface area contributed by atoms with Crippen LogP contribution in [0.25, 0.3) is 0 Å². The fraction of sp³-hybridized carbons (Fsp3) is 0.647. The van der Waals surface area contributed by atoms with Crippen molar-refractivity contribution in [3.8, 4) is 5.75 Å². The van der Waals surface area contributed by atoms with Crippen molar-refractivity contribution in [1.82, 2.24) is 5.32 Å². The molecule has 1 aliphatic carbocycles. The molecule has 1 aliphatic rings. The van der Waals surface area contributed by atoms with Crippen LogP contribution in [0, 0.1) is 6.92 Å². The highest BCUT2D eigenvalue weighted by atomic mass is 16.5. The van der Waals surface area contributed by atoms with Crippen LogP contribution in [-0.4, -0.2) is 26.4 Å². The van der Waals surface area contributed by atoms with Gasteiger partial charge in [-0.3, -0.25) is 0 Å². The Morgan fingerprint density at radius 2 is 2.05 bits per heavy atom. The average Bonchev–Trinajstić information content (AvgIpc) is 2.41. The van der Waals surface area contributed by atoms with Gasteiger partial charge in [-0.15, -0.1) is 0 Å². The number of aryl methyl sites for hydroxylation is 1. The Labute approximate surface area is 122 Å². The molecule has 0 amide bonds. The van der Waals surface area contributed by atoms with Crippen molar-refractivity contribution < 1.29 is 9.47 Å². The lowest BCUT2D eigenvalue weighted by Gasteiger charge is -2.47. The molecule has 0 radical (unpaired) electrons. The molecule has 1 fully saturated rings. The van der Waals surface area contributed by atoms with Gasteiger partial charge in [0.15, 0.2) is 0 Å². The van der Waals surface area contributed by atoms with Crippen molar-refractivity contribution in [3.63, 3.8) is 0 Å². The summed E-state index contributed by atoms with van der Waals surface area (Å²) >= 11 is 0. The fourth-order valence-electron chi connectivity index (χ4n) is 3.08. The summed E-state index contributed by atoms with van der Waals surface area (Å²) in [7, 11) is 3.58. The second-order valence-corrected chi connectivity index (χ2v) is 5.75. The van der Waals surface area contributed by atoms with E-state index in [9.17, 15) is 0 Å². The van der Waals surface area contributed by atoms with Crippen LogP contribution in [0.1, 0.15) is 49.8 Å². The maximum atomic E-state index is 5.91. The van der Waals surface area contributed by atoms with E-state index in [1.165, 1.54) is 17.5 Å². The Balaban J connectivity index is 2.37. The SMILES string of the molecule is CCCNC(c1cc(C)ccc1OC)C1(OC)CCC1. The van der Waals surface area contributed by atoms with Gasteiger partial charge in [0.25, 0.3) is 0 Å². The van der Waals surface area contributed by atoms with E-state index in [0.717, 1.165) is 31.6 Å². The molecule has 1 aromatic rings. The maximum Gasteiger partial charge on any atom is 0.123 e. The van der Waals surface area contributed by atoms with Gasteiger partial charge in [-0.05, 0) is 45.2 Å². The Morgan fingerprint density at radius 1 is 1.30 bits per heavy atom. The quantitative estimate of drug-likeness (QED) is 0.826. The topological polar surface area (TPSA) is 30.5 Å². The van der Waals surface area contributed by atoms with Crippen LogP contribution in [0.2, 0.25) is 0 Å². The first-order valence-electron chi connectivity index (χ1n) is 7.60. The maximum absolute atomic E-state index is 5.91. The average molecular weight is 277 g/mol. The smallest absolute Gasteiger partial charge is 0.123 e. The largest absolute Gasteiger partial charge is 0.496 e. The molecule has 0 heterocycles. The second kappa shape index (κ2) is 6.59. The Bertz CT molecular complexity index is 435. The Hall–Kier alpha value is -1.06. The zero-order chi connectivity index (χ0) is 14.6. The molecule has 112 valence electrons. The zero-order valence-corrected chi connectivity index (χ0v) is 13.2. The number of rotatable bonds is 7. The number of methoxy groups -OCH3 is 2. The zero-order valence-electron chi connectivity index (χ0n) is 13.2. The number of benzene rings is 1. The molecule has 1 aromatic carbocycles. The third kappa shape index (κ3) is 2.84. The normalized spacial score (nSPS) is 18.4. The molecule has 0 aromatic heterocycles. The molecular weight excluding hydrogens is 250 g/mol. The van der Waals surface area contributed by atoms with Gasteiger partial charge in [0, 0.05) is 12.7 Å². The third-order valence-corrected chi connectivity index (χ3v) is 4.43. The lowest BCUT2D eigenvalue weighted by Crippen LogP contribution is -2.50. The van der Waals surface area contributed by atoms with Crippen molar-refractivity contribution >= 4 is 0 Å². The minimum Gasteiger partial charge on any atom is -0.496 e. The molecule has 0 saturated heterocycles. The van der Waals surface area contributed by atoms with E-state index < -0.39 is 0 Å². The Kier molecular flexibility index (Phi) is 5.06. The fourth-order valence-corrected chi connectivity index (χ4v) is 3.08. The molecule has 3 heteroatoms. The van der Waals surface area contributed by atoms with Crippen molar-refractivity contribution in [3.05, 3.63) is 29.3 Å². The van der Waals surface area contributed by atoms with Gasteiger partial charge >= 0.3 is 0 Å². The summed E-state index contributed by atoms with van der Waals surface area (Å²) in [6.45, 7) is 5.31. The summed E-state index contributed by atoms with van der Waals surface area (Å²) in [5, 5.41) is 3.68. The molecule has 0 aliphatic heterocycles. The first kappa shape index (κ1) is 15.3. The molecule has 0 spiro atoms. The van der Waals surface area contributed by atoms with Gasteiger partial charge in [-0.2, -0.15) is 0 Å². The third-order valence-electron chi connectivity index (χ3n) is 4.43. The van der Waals surface area contributed by atoms with Crippen LogP contribution in [0.15, 0.2) is 18.2 Å². The van der Waals surface area contributed by atoms with Gasteiger partial charge in [0.2, 0.25) is 0 Å². The lowest BCUT2D eigenvalue weighted by molar-refractivity contribution is -0.100. The molecule has 1 N–H and O–H groups in total. The van der Waals surface area contributed by atoms with Crippen LogP contribution in [-0.2, 0) is 4.74 Å². The minimum atomic E-state index is -0.0732. The molecule has 0 bridgehead atoms. The molecule has 2 rings (SSSR count). The van der Waals surface area contributed by atoms with E-state index in [-0.39, 0.29) is 11.6 Å². The van der Waals surface area contributed by atoms with Gasteiger partial charge in [0.1, 0.15) is 5.75 Å². The molecule has 1 atom stereocenters. The van der Waals surface area contributed by atoms with Crippen molar-refractivity contribution in [2.45, 2.75) is 51.2 Å². The molecule has 20 heavy (non-hydrogen) atoms. The molecule has 3 nitrogen and oxygen atoms in total. The second-order valence-electron chi connectivity index (χ2n) is 5.75. The standard InChI is InChI=1S/C17H27NO2/c1-5-11-18-16(17(20-4)9-6-10-17)14-12-13(2)7-8-15(14)19-3/h7-8,12,16,18H,5-6,9-11H2,1-4H3. The van der Waals surface area contributed by atoms with Crippen LogP contribution in [0.4, 0.5) is 0 Å². The van der Waals surface area contributed by atoms with Crippen molar-refractivity contribution in [2.75, 3.05) is 20.8 Å². The van der Waals surface area contributed by atoms with Crippen LogP contribution in [0.5, 0.6) is 5.75 Å². The summed E-state index contributed by atoms with van der Waals surface area (Å²) in [4.78, 5) is 0. The van der Waals surface area contributed by atoms with Gasteiger partial charge in [-0.1, -0.05) is 24.6 Å². The first-order valence-corrected chi connectivity index (χ1v) is 7.60. The van der Waals surface area contributed by atoms with E-state index >= 15 is 0 Å². The van der Waals surface area contributed by atoms with Crippen LogP contribution in [0.3, 0.4) is 0 Å². The van der Waals surface area contributed by atoms with Crippen LogP contribution >= 0.6 is 0 Å². The van der Waals surface area contributed by atoms with E-state index in [2.05, 4.69) is 37.4 Å². The summed E-state index contributed by atoms with van der Waals surface area (Å²) in [6.07, 6.45) is 4.58. The van der Waals surface area contributed by atoms with E-state index in [1.807, 2.05) is 7.11 Å². The highest BCUT2D eigenvalue weighted by molar-refractivity contribution is 5.41. The van der Waals surface area contributed by atoms with Gasteiger partial charge in [0.05, 0.1) is 18.8 Å². The summed E-state index contributed by atoms with van der Waals surface area (Å²) in [6, 6.07) is 6.59. The number of hydrogen-bond donors (Lipinski definition) is 1. The van der Waals surface area contributed by atoms with Gasteiger partial charge in [-0.25, -0.2) is 0 Å². The molecular formula is C17H27NO2. The van der Waals surface area contributed by atoms with Gasteiger partial charge < -0.3 is 14.8 Å². The minimum absolute atomic E-state index is 0.0732. The van der Waals surface area contributed by atoms with E-state index in [1.54, 1.807) is 7.11 Å². The van der Waals surface area contributed by atoms with Crippen molar-refractivity contribution in [2.24, 2.45) is 0 Å². The van der Waals surface area contributed by atoms with E-state index in [4.69, 9.17) is 9.47 Å². The summed E-state index contributed by atoms with van der Waals surface area (Å²) in [5.41, 5.74) is 2.41. The summed E-state index contributed by atoms with van der Waals surface area (Å²) < 4.78 is 11.5. The predicted octanol–water partition coefficient (Wildman–Crippen LogP) is 3.61. The summed E-state index contributed by atoms with van der Waals surface area (Å²) in [5.74, 6) is 0.951. The van der Waals surface area contributed by atoms with Crippen molar-refractivity contribution in [1.29, 1.82) is 0 Å². The monoisotopic (exact) mass is 277 g/mol. The number of hydrogen-bond acceptors (Lipinski definition) is 3. The highest BCUT2D eigenvalue weighted by Gasteiger charge is 2.45. The number of ether oxygens (including phenoxy) is 2. The van der Waals surface area contributed by atoms with E-state index in [0.29, 0.717) is 0 Å². The molecule has 1 saturated carbocycles.